The molecule has 0 aliphatic heterocycles. The van der Waals surface area contributed by atoms with Crippen LogP contribution in [0.2, 0.25) is 5.02 Å². The number of benzene rings is 1. The summed E-state index contributed by atoms with van der Waals surface area (Å²) in [6.45, 7) is 5.14. The SMILES string of the molecule is CCOCC(C)n1c(CCCl)nc2cc(Cl)c(F)cc21. The zero-order valence-corrected chi connectivity index (χ0v) is 13.0. The van der Waals surface area contributed by atoms with E-state index in [1.165, 1.54) is 6.07 Å². The standard InChI is InChI=1S/C14H17Cl2FN2O/c1-3-20-8-9(2)19-13-7-11(17)10(16)6-12(13)18-14(19)4-5-15/h6-7,9H,3-5,8H2,1-2H3. The van der Waals surface area contributed by atoms with Gasteiger partial charge >= 0.3 is 0 Å². The first-order valence-corrected chi connectivity index (χ1v) is 7.49. The highest BCUT2D eigenvalue weighted by Crippen LogP contribution is 2.27. The number of alkyl halides is 1. The van der Waals surface area contributed by atoms with Crippen LogP contribution in [-0.2, 0) is 11.2 Å². The monoisotopic (exact) mass is 318 g/mol. The van der Waals surface area contributed by atoms with Gasteiger partial charge in [0.2, 0.25) is 0 Å². The van der Waals surface area contributed by atoms with Crippen LogP contribution >= 0.6 is 23.2 Å². The molecule has 110 valence electrons. The van der Waals surface area contributed by atoms with E-state index in [2.05, 4.69) is 4.98 Å². The Hall–Kier alpha value is -0.840. The van der Waals surface area contributed by atoms with E-state index in [1.54, 1.807) is 6.07 Å². The van der Waals surface area contributed by atoms with Crippen molar-refractivity contribution in [3.05, 3.63) is 28.8 Å². The lowest BCUT2D eigenvalue weighted by Crippen LogP contribution is -2.15. The van der Waals surface area contributed by atoms with Crippen molar-refractivity contribution in [1.29, 1.82) is 0 Å². The van der Waals surface area contributed by atoms with E-state index >= 15 is 0 Å². The second kappa shape index (κ2) is 6.74. The highest BCUT2D eigenvalue weighted by molar-refractivity contribution is 6.31. The third kappa shape index (κ3) is 3.08. The van der Waals surface area contributed by atoms with Crippen LogP contribution in [0.1, 0.15) is 25.7 Å². The van der Waals surface area contributed by atoms with Crippen molar-refractivity contribution in [2.24, 2.45) is 0 Å². The van der Waals surface area contributed by atoms with Gasteiger partial charge in [-0.2, -0.15) is 0 Å². The van der Waals surface area contributed by atoms with Crippen molar-refractivity contribution < 1.29 is 9.13 Å². The van der Waals surface area contributed by atoms with Crippen LogP contribution in [-0.4, -0.2) is 28.6 Å². The molecule has 3 nitrogen and oxygen atoms in total. The highest BCUT2D eigenvalue weighted by Gasteiger charge is 2.17. The summed E-state index contributed by atoms with van der Waals surface area (Å²) in [5, 5.41) is 0.0806. The van der Waals surface area contributed by atoms with E-state index in [4.69, 9.17) is 27.9 Å². The van der Waals surface area contributed by atoms with Crippen molar-refractivity contribution in [3.8, 4) is 0 Å². The van der Waals surface area contributed by atoms with Gasteiger partial charge in [0.15, 0.2) is 0 Å². The summed E-state index contributed by atoms with van der Waals surface area (Å²) in [7, 11) is 0. The Balaban J connectivity index is 2.52. The molecule has 0 aliphatic carbocycles. The maximum atomic E-state index is 13.7. The van der Waals surface area contributed by atoms with Gasteiger partial charge in [-0.05, 0) is 19.9 Å². The number of fused-ring (bicyclic) bond motifs is 1. The molecule has 20 heavy (non-hydrogen) atoms. The number of halogens is 3. The molecule has 0 N–H and O–H groups in total. The summed E-state index contributed by atoms with van der Waals surface area (Å²) in [4.78, 5) is 4.51. The smallest absolute Gasteiger partial charge is 0.144 e. The molecule has 0 amide bonds. The van der Waals surface area contributed by atoms with Gasteiger partial charge in [-0.1, -0.05) is 11.6 Å². The van der Waals surface area contributed by atoms with Crippen LogP contribution in [0, 0.1) is 5.82 Å². The number of hydrogen-bond acceptors (Lipinski definition) is 2. The minimum atomic E-state index is -0.443. The maximum Gasteiger partial charge on any atom is 0.144 e. The zero-order valence-electron chi connectivity index (χ0n) is 11.5. The summed E-state index contributed by atoms with van der Waals surface area (Å²) >= 11 is 11.6. The largest absolute Gasteiger partial charge is 0.380 e. The molecule has 0 fully saturated rings. The molecule has 0 saturated heterocycles. The van der Waals surface area contributed by atoms with Crippen LogP contribution in [0.5, 0.6) is 0 Å². The van der Waals surface area contributed by atoms with Crippen molar-refractivity contribution in [3.63, 3.8) is 0 Å². The van der Waals surface area contributed by atoms with Crippen LogP contribution < -0.4 is 0 Å². The Morgan fingerprint density at radius 2 is 2.20 bits per heavy atom. The molecule has 1 aromatic carbocycles. The van der Waals surface area contributed by atoms with Crippen molar-refractivity contribution >= 4 is 34.2 Å². The molecule has 2 rings (SSSR count). The van der Waals surface area contributed by atoms with Gasteiger partial charge in [-0.25, -0.2) is 9.37 Å². The molecule has 0 radical (unpaired) electrons. The Kier molecular flexibility index (Phi) is 5.24. The molecule has 0 spiro atoms. The third-order valence-corrected chi connectivity index (χ3v) is 3.61. The van der Waals surface area contributed by atoms with Gasteiger partial charge < -0.3 is 9.30 Å². The molecule has 2 aromatic rings. The maximum absolute atomic E-state index is 13.7. The van der Waals surface area contributed by atoms with Gasteiger partial charge in [0.1, 0.15) is 11.6 Å². The van der Waals surface area contributed by atoms with Crippen LogP contribution in [0.25, 0.3) is 11.0 Å². The van der Waals surface area contributed by atoms with Crippen LogP contribution in [0.15, 0.2) is 12.1 Å². The Morgan fingerprint density at radius 1 is 1.45 bits per heavy atom. The molecule has 0 bridgehead atoms. The Morgan fingerprint density at radius 3 is 2.85 bits per heavy atom. The van der Waals surface area contributed by atoms with E-state index in [0.29, 0.717) is 31.0 Å². The second-order valence-electron chi connectivity index (χ2n) is 4.60. The number of hydrogen-bond donors (Lipinski definition) is 0. The number of imidazole rings is 1. The molecule has 1 unspecified atom stereocenters. The number of aromatic nitrogens is 2. The van der Waals surface area contributed by atoms with Crippen molar-refractivity contribution in [2.45, 2.75) is 26.3 Å². The normalized spacial score (nSPS) is 13.1. The fraction of sp³-hybridized carbons (Fsp3) is 0.500. The predicted molar refractivity (Wildman–Crippen MR) is 80.3 cm³/mol. The van der Waals surface area contributed by atoms with Gasteiger partial charge in [-0.15, -0.1) is 11.6 Å². The zero-order chi connectivity index (χ0) is 14.7. The molecule has 1 heterocycles. The first-order valence-electron chi connectivity index (χ1n) is 6.58. The first kappa shape index (κ1) is 15.5. The molecule has 1 atom stereocenters. The quantitative estimate of drug-likeness (QED) is 0.746. The minimum Gasteiger partial charge on any atom is -0.380 e. The van der Waals surface area contributed by atoms with E-state index in [1.807, 2.05) is 18.4 Å². The highest BCUT2D eigenvalue weighted by atomic mass is 35.5. The summed E-state index contributed by atoms with van der Waals surface area (Å²) in [5.41, 5.74) is 1.40. The average molecular weight is 319 g/mol. The van der Waals surface area contributed by atoms with E-state index < -0.39 is 5.82 Å². The molecular formula is C14H17Cl2FN2O. The number of nitrogens with zero attached hydrogens (tertiary/aromatic N) is 2. The number of ether oxygens (including phenoxy) is 1. The van der Waals surface area contributed by atoms with Crippen LogP contribution in [0.3, 0.4) is 0 Å². The third-order valence-electron chi connectivity index (χ3n) is 3.13. The molecule has 6 heteroatoms. The lowest BCUT2D eigenvalue weighted by atomic mass is 10.2. The van der Waals surface area contributed by atoms with Crippen molar-refractivity contribution in [2.75, 3.05) is 19.1 Å². The molecule has 1 aromatic heterocycles. The minimum absolute atomic E-state index is 0.0544. The fourth-order valence-corrected chi connectivity index (χ4v) is 2.58. The Labute approximate surface area is 127 Å². The van der Waals surface area contributed by atoms with E-state index in [-0.39, 0.29) is 11.1 Å². The lowest BCUT2D eigenvalue weighted by molar-refractivity contribution is 0.119. The second-order valence-corrected chi connectivity index (χ2v) is 5.39. The van der Waals surface area contributed by atoms with Gasteiger partial charge in [-0.3, -0.25) is 0 Å². The van der Waals surface area contributed by atoms with Gasteiger partial charge in [0.25, 0.3) is 0 Å². The topological polar surface area (TPSA) is 27.1 Å². The summed E-state index contributed by atoms with van der Waals surface area (Å²) in [5.74, 6) is 0.839. The fourth-order valence-electron chi connectivity index (χ4n) is 2.26. The van der Waals surface area contributed by atoms with Gasteiger partial charge in [0, 0.05) is 25.0 Å². The number of rotatable bonds is 6. The van der Waals surface area contributed by atoms with E-state index in [9.17, 15) is 4.39 Å². The van der Waals surface area contributed by atoms with E-state index in [0.717, 1.165) is 11.3 Å². The summed E-state index contributed by atoms with van der Waals surface area (Å²) < 4.78 is 21.1. The average Bonchev–Trinajstić information content (AvgIpc) is 2.74. The molecular weight excluding hydrogens is 302 g/mol. The number of aryl methyl sites for hydroxylation is 1. The van der Waals surface area contributed by atoms with Gasteiger partial charge in [0.05, 0.1) is 28.7 Å². The predicted octanol–water partition coefficient (Wildman–Crippen LogP) is 4.21. The summed E-state index contributed by atoms with van der Waals surface area (Å²) in [6.07, 6.45) is 0.617. The Bertz CT molecular complexity index is 600. The summed E-state index contributed by atoms with van der Waals surface area (Å²) in [6, 6.07) is 3.03. The van der Waals surface area contributed by atoms with Crippen molar-refractivity contribution in [1.82, 2.24) is 9.55 Å². The molecule has 0 saturated carbocycles. The molecule has 0 aliphatic rings. The lowest BCUT2D eigenvalue weighted by Gasteiger charge is -2.17. The first-order chi connectivity index (χ1) is 9.58. The van der Waals surface area contributed by atoms with Crippen LogP contribution in [0.4, 0.5) is 4.39 Å².